The Balaban J connectivity index is 2.38. The molecule has 1 aromatic carbocycles. The summed E-state index contributed by atoms with van der Waals surface area (Å²) < 4.78 is 0. The highest BCUT2D eigenvalue weighted by Gasteiger charge is 2.19. The summed E-state index contributed by atoms with van der Waals surface area (Å²) in [6.45, 7) is 7.42. The number of anilines is 2. The van der Waals surface area contributed by atoms with Crippen LogP contribution in [0.3, 0.4) is 0 Å². The lowest BCUT2D eigenvalue weighted by Gasteiger charge is -2.22. The smallest absolute Gasteiger partial charge is 0.260 e. The van der Waals surface area contributed by atoms with E-state index in [2.05, 4.69) is 10.3 Å². The number of amides is 1. The van der Waals surface area contributed by atoms with E-state index in [-0.39, 0.29) is 5.91 Å². The monoisotopic (exact) mass is 283 g/mol. The van der Waals surface area contributed by atoms with Crippen molar-refractivity contribution in [3.8, 4) is 0 Å². The Morgan fingerprint density at radius 3 is 2.52 bits per heavy atom. The largest absolute Gasteiger partial charge is 0.385 e. The van der Waals surface area contributed by atoms with E-state index in [1.165, 1.54) is 0 Å². The minimum atomic E-state index is -0.000324. The van der Waals surface area contributed by atoms with E-state index in [1.807, 2.05) is 51.1 Å². The number of hydrogen-bond donors (Lipinski definition) is 1. The molecule has 0 aliphatic heterocycles. The van der Waals surface area contributed by atoms with Gasteiger partial charge in [-0.3, -0.25) is 9.78 Å². The molecule has 0 fully saturated rings. The second-order valence-corrected chi connectivity index (χ2v) is 4.83. The van der Waals surface area contributed by atoms with E-state index in [1.54, 1.807) is 17.3 Å². The topological polar surface area (TPSA) is 45.2 Å². The van der Waals surface area contributed by atoms with E-state index >= 15 is 0 Å². The van der Waals surface area contributed by atoms with Crippen LogP contribution in [0.5, 0.6) is 0 Å². The summed E-state index contributed by atoms with van der Waals surface area (Å²) in [5.74, 6) is -0.000324. The lowest BCUT2D eigenvalue weighted by molar-refractivity contribution is 0.0989. The number of aryl methyl sites for hydroxylation is 1. The molecular weight excluding hydrogens is 262 g/mol. The zero-order valence-electron chi connectivity index (χ0n) is 12.8. The van der Waals surface area contributed by atoms with Gasteiger partial charge in [0.05, 0.1) is 5.56 Å². The number of carbonyl (C=O) groups is 1. The molecule has 0 unspecified atom stereocenters. The molecule has 2 rings (SSSR count). The fraction of sp³-hybridized carbons (Fsp3) is 0.294. The Bertz CT molecular complexity index is 611. The van der Waals surface area contributed by atoms with Crippen LogP contribution in [0.15, 0.2) is 42.7 Å². The SMILES string of the molecule is CCNc1cc(C)ccc1C(=O)N(CC)c1ccncc1. The molecule has 0 spiro atoms. The van der Waals surface area contributed by atoms with Crippen molar-refractivity contribution in [1.29, 1.82) is 0 Å². The quantitative estimate of drug-likeness (QED) is 0.913. The number of pyridine rings is 1. The molecule has 4 nitrogen and oxygen atoms in total. The van der Waals surface area contributed by atoms with Gasteiger partial charge in [0.15, 0.2) is 0 Å². The highest BCUT2D eigenvalue weighted by Crippen LogP contribution is 2.22. The van der Waals surface area contributed by atoms with Crippen LogP contribution in [0, 0.1) is 6.92 Å². The molecule has 0 aliphatic carbocycles. The van der Waals surface area contributed by atoms with Crippen molar-refractivity contribution in [1.82, 2.24) is 4.98 Å². The molecule has 0 radical (unpaired) electrons. The first-order chi connectivity index (χ1) is 10.2. The third-order valence-corrected chi connectivity index (χ3v) is 3.31. The Labute approximate surface area is 125 Å². The zero-order chi connectivity index (χ0) is 15.2. The van der Waals surface area contributed by atoms with Gasteiger partial charge in [0.25, 0.3) is 5.91 Å². The molecule has 4 heteroatoms. The predicted molar refractivity (Wildman–Crippen MR) is 86.9 cm³/mol. The molecular formula is C17H21N3O. The van der Waals surface area contributed by atoms with E-state index in [9.17, 15) is 4.79 Å². The first-order valence-electron chi connectivity index (χ1n) is 7.23. The zero-order valence-corrected chi connectivity index (χ0v) is 12.8. The normalized spacial score (nSPS) is 10.2. The van der Waals surface area contributed by atoms with Crippen molar-refractivity contribution in [3.05, 3.63) is 53.9 Å². The van der Waals surface area contributed by atoms with Crippen LogP contribution in [0.4, 0.5) is 11.4 Å². The van der Waals surface area contributed by atoms with Gasteiger partial charge in [-0.2, -0.15) is 0 Å². The van der Waals surface area contributed by atoms with Crippen molar-refractivity contribution in [2.24, 2.45) is 0 Å². The molecule has 1 N–H and O–H groups in total. The first kappa shape index (κ1) is 15.0. The Kier molecular flexibility index (Phi) is 4.93. The van der Waals surface area contributed by atoms with Gasteiger partial charge in [-0.15, -0.1) is 0 Å². The summed E-state index contributed by atoms with van der Waals surface area (Å²) in [5.41, 5.74) is 3.58. The van der Waals surface area contributed by atoms with Gasteiger partial charge in [-0.1, -0.05) is 6.07 Å². The molecule has 0 saturated carbocycles. The molecule has 110 valence electrons. The van der Waals surface area contributed by atoms with E-state index in [0.29, 0.717) is 12.1 Å². The number of nitrogens with one attached hydrogen (secondary N) is 1. The van der Waals surface area contributed by atoms with Crippen LogP contribution < -0.4 is 10.2 Å². The lowest BCUT2D eigenvalue weighted by atomic mass is 10.1. The van der Waals surface area contributed by atoms with Gasteiger partial charge < -0.3 is 10.2 Å². The van der Waals surface area contributed by atoms with E-state index in [4.69, 9.17) is 0 Å². The van der Waals surface area contributed by atoms with Gasteiger partial charge in [0, 0.05) is 36.9 Å². The van der Waals surface area contributed by atoms with Gasteiger partial charge in [-0.25, -0.2) is 0 Å². The van der Waals surface area contributed by atoms with Gasteiger partial charge >= 0.3 is 0 Å². The Morgan fingerprint density at radius 1 is 1.19 bits per heavy atom. The number of nitrogens with zero attached hydrogens (tertiary/aromatic N) is 2. The molecule has 0 bridgehead atoms. The summed E-state index contributed by atoms with van der Waals surface area (Å²) >= 11 is 0. The second kappa shape index (κ2) is 6.88. The van der Waals surface area contributed by atoms with Crippen LogP contribution in [0.2, 0.25) is 0 Å². The highest BCUT2D eigenvalue weighted by atomic mass is 16.2. The maximum Gasteiger partial charge on any atom is 0.260 e. The van der Waals surface area contributed by atoms with Gasteiger partial charge in [-0.05, 0) is 50.6 Å². The van der Waals surface area contributed by atoms with Crippen molar-refractivity contribution in [2.45, 2.75) is 20.8 Å². The Morgan fingerprint density at radius 2 is 1.90 bits per heavy atom. The first-order valence-corrected chi connectivity index (χ1v) is 7.23. The average Bonchev–Trinajstić information content (AvgIpc) is 2.49. The molecule has 0 aliphatic rings. The lowest BCUT2D eigenvalue weighted by Crippen LogP contribution is -2.31. The number of benzene rings is 1. The summed E-state index contributed by atoms with van der Waals surface area (Å²) in [7, 11) is 0. The maximum atomic E-state index is 12.8. The summed E-state index contributed by atoms with van der Waals surface area (Å²) in [4.78, 5) is 18.6. The summed E-state index contributed by atoms with van der Waals surface area (Å²) in [6.07, 6.45) is 3.40. The molecule has 0 atom stereocenters. The molecule has 21 heavy (non-hydrogen) atoms. The fourth-order valence-electron chi connectivity index (χ4n) is 2.29. The number of rotatable bonds is 5. The molecule has 0 saturated heterocycles. The summed E-state index contributed by atoms with van der Waals surface area (Å²) in [5, 5.41) is 3.27. The standard InChI is InChI=1S/C17H21N3O/c1-4-19-16-12-13(3)6-7-15(16)17(21)20(5-2)14-8-10-18-11-9-14/h6-12,19H,4-5H2,1-3H3. The van der Waals surface area contributed by atoms with Gasteiger partial charge in [0.2, 0.25) is 0 Å². The van der Waals surface area contributed by atoms with Crippen molar-refractivity contribution in [2.75, 3.05) is 23.3 Å². The third-order valence-electron chi connectivity index (χ3n) is 3.31. The number of hydrogen-bond acceptors (Lipinski definition) is 3. The highest BCUT2D eigenvalue weighted by molar-refractivity contribution is 6.09. The van der Waals surface area contributed by atoms with Crippen LogP contribution >= 0.6 is 0 Å². The summed E-state index contributed by atoms with van der Waals surface area (Å²) in [6, 6.07) is 9.57. The van der Waals surface area contributed by atoms with Crippen LogP contribution in [-0.4, -0.2) is 24.0 Å². The molecule has 2 aromatic rings. The molecule has 1 heterocycles. The Hall–Kier alpha value is -2.36. The number of carbonyl (C=O) groups excluding carboxylic acids is 1. The van der Waals surface area contributed by atoms with Crippen LogP contribution in [-0.2, 0) is 0 Å². The van der Waals surface area contributed by atoms with Crippen molar-refractivity contribution < 1.29 is 4.79 Å². The van der Waals surface area contributed by atoms with Crippen LogP contribution in [0.1, 0.15) is 29.8 Å². The molecule has 1 aromatic heterocycles. The maximum absolute atomic E-state index is 12.8. The molecule has 1 amide bonds. The number of aromatic nitrogens is 1. The fourth-order valence-corrected chi connectivity index (χ4v) is 2.29. The second-order valence-electron chi connectivity index (χ2n) is 4.83. The third kappa shape index (κ3) is 3.40. The predicted octanol–water partition coefficient (Wildman–Crippen LogP) is 3.49. The van der Waals surface area contributed by atoms with Crippen molar-refractivity contribution >= 4 is 17.3 Å². The van der Waals surface area contributed by atoms with E-state index < -0.39 is 0 Å². The van der Waals surface area contributed by atoms with Gasteiger partial charge in [0.1, 0.15) is 0 Å². The average molecular weight is 283 g/mol. The van der Waals surface area contributed by atoms with E-state index in [0.717, 1.165) is 23.5 Å². The van der Waals surface area contributed by atoms with Crippen LogP contribution in [0.25, 0.3) is 0 Å². The minimum Gasteiger partial charge on any atom is -0.385 e. The minimum absolute atomic E-state index is 0.000324. The van der Waals surface area contributed by atoms with Crippen molar-refractivity contribution in [3.63, 3.8) is 0 Å².